The second-order valence-electron chi connectivity index (χ2n) is 4.78. The molecule has 21 heavy (non-hydrogen) atoms. The van der Waals surface area contributed by atoms with Gasteiger partial charge in [-0.15, -0.1) is 0 Å². The fraction of sp³-hybridized carbons (Fsp3) is 0.200. The third kappa shape index (κ3) is 3.08. The predicted molar refractivity (Wildman–Crippen MR) is 85.4 cm³/mol. The summed E-state index contributed by atoms with van der Waals surface area (Å²) in [5.74, 6) is -0.0891. The maximum atomic E-state index is 11.3. The Kier molecular flexibility index (Phi) is 4.33. The monoisotopic (exact) mass is 304 g/mol. The zero-order valence-corrected chi connectivity index (χ0v) is 12.6. The molecule has 1 unspecified atom stereocenters. The molecule has 1 heterocycles. The first-order valence-corrected chi connectivity index (χ1v) is 6.83. The van der Waals surface area contributed by atoms with Crippen molar-refractivity contribution in [1.29, 1.82) is 0 Å². The minimum Gasteiger partial charge on any atom is -0.396 e. The highest BCUT2D eigenvalue weighted by Crippen LogP contribution is 2.31. The first-order chi connectivity index (χ1) is 9.91. The molecule has 110 valence electrons. The molecule has 6 heteroatoms. The number of nitrogens with two attached hydrogens (primary N) is 2. The van der Waals surface area contributed by atoms with E-state index in [9.17, 15) is 4.79 Å². The highest BCUT2D eigenvalue weighted by Gasteiger charge is 2.19. The third-order valence-corrected chi connectivity index (χ3v) is 3.77. The minimum atomic E-state index is -0.588. The maximum absolute atomic E-state index is 11.3. The summed E-state index contributed by atoms with van der Waals surface area (Å²) in [6.45, 7) is 1.99. The summed E-state index contributed by atoms with van der Waals surface area (Å²) in [5, 5.41) is 0.668. The van der Waals surface area contributed by atoms with Crippen LogP contribution in [-0.4, -0.2) is 17.9 Å². The van der Waals surface area contributed by atoms with Crippen LogP contribution < -0.4 is 16.4 Å². The summed E-state index contributed by atoms with van der Waals surface area (Å²) in [5.41, 5.74) is 12.8. The first-order valence-electron chi connectivity index (χ1n) is 6.45. The van der Waals surface area contributed by atoms with E-state index in [2.05, 4.69) is 4.98 Å². The van der Waals surface area contributed by atoms with Gasteiger partial charge in [-0.25, -0.2) is 4.98 Å². The Hall–Kier alpha value is -2.27. The van der Waals surface area contributed by atoms with Crippen LogP contribution >= 0.6 is 11.6 Å². The largest absolute Gasteiger partial charge is 0.396 e. The molecule has 0 bridgehead atoms. The van der Waals surface area contributed by atoms with Gasteiger partial charge in [0.1, 0.15) is 5.69 Å². The van der Waals surface area contributed by atoms with E-state index in [1.165, 1.54) is 6.07 Å². The number of nitrogens with zero attached hydrogens (tertiary/aromatic N) is 2. The van der Waals surface area contributed by atoms with Crippen molar-refractivity contribution in [2.75, 3.05) is 17.7 Å². The summed E-state index contributed by atoms with van der Waals surface area (Å²) in [6, 6.07) is 10.6. The lowest BCUT2D eigenvalue weighted by atomic mass is 10.1. The highest BCUT2D eigenvalue weighted by atomic mass is 35.5. The van der Waals surface area contributed by atoms with Gasteiger partial charge in [-0.1, -0.05) is 29.8 Å². The molecule has 0 aliphatic heterocycles. The Bertz CT molecular complexity index is 674. The third-order valence-electron chi connectivity index (χ3n) is 3.43. The quantitative estimate of drug-likeness (QED) is 0.909. The normalized spacial score (nSPS) is 12.0. The molecule has 5 nitrogen and oxygen atoms in total. The smallest absolute Gasteiger partial charge is 0.267 e. The van der Waals surface area contributed by atoms with E-state index in [4.69, 9.17) is 23.1 Å². The lowest BCUT2D eigenvalue weighted by Crippen LogP contribution is -2.25. The van der Waals surface area contributed by atoms with Crippen LogP contribution in [0, 0.1) is 0 Å². The van der Waals surface area contributed by atoms with Crippen LogP contribution in [0.3, 0.4) is 0 Å². The Morgan fingerprint density at radius 3 is 2.57 bits per heavy atom. The molecule has 1 atom stereocenters. The summed E-state index contributed by atoms with van der Waals surface area (Å²) in [7, 11) is 1.84. The number of amides is 1. The van der Waals surface area contributed by atoms with Crippen molar-refractivity contribution in [2.24, 2.45) is 5.73 Å². The van der Waals surface area contributed by atoms with Crippen LogP contribution in [0.5, 0.6) is 0 Å². The van der Waals surface area contributed by atoms with Gasteiger partial charge in [0.05, 0.1) is 11.7 Å². The van der Waals surface area contributed by atoms with Gasteiger partial charge in [0.2, 0.25) is 0 Å². The summed E-state index contributed by atoms with van der Waals surface area (Å²) < 4.78 is 0. The maximum Gasteiger partial charge on any atom is 0.267 e. The number of hydrogen-bond donors (Lipinski definition) is 2. The van der Waals surface area contributed by atoms with Crippen molar-refractivity contribution >= 4 is 29.0 Å². The lowest BCUT2D eigenvalue weighted by Gasteiger charge is -2.28. The van der Waals surface area contributed by atoms with Gasteiger partial charge in [-0.05, 0) is 30.7 Å². The fourth-order valence-corrected chi connectivity index (χ4v) is 2.38. The van der Waals surface area contributed by atoms with Crippen molar-refractivity contribution in [3.8, 4) is 0 Å². The van der Waals surface area contributed by atoms with Crippen LogP contribution in [0.2, 0.25) is 5.02 Å². The Morgan fingerprint density at radius 1 is 1.29 bits per heavy atom. The second kappa shape index (κ2) is 6.01. The van der Waals surface area contributed by atoms with Crippen LogP contribution in [0.4, 0.5) is 11.5 Å². The van der Waals surface area contributed by atoms with E-state index in [0.29, 0.717) is 16.5 Å². The highest BCUT2D eigenvalue weighted by molar-refractivity contribution is 6.31. The second-order valence-corrected chi connectivity index (χ2v) is 5.19. The van der Waals surface area contributed by atoms with E-state index in [1.807, 2.05) is 43.1 Å². The predicted octanol–water partition coefficient (Wildman–Crippen LogP) is 2.61. The van der Waals surface area contributed by atoms with Crippen LogP contribution in [0.15, 0.2) is 36.4 Å². The summed E-state index contributed by atoms with van der Waals surface area (Å²) >= 11 is 6.22. The fourth-order valence-electron chi connectivity index (χ4n) is 2.08. The number of aromatic nitrogens is 1. The van der Waals surface area contributed by atoms with Crippen molar-refractivity contribution in [3.05, 3.63) is 52.7 Å². The number of anilines is 2. The van der Waals surface area contributed by atoms with Crippen molar-refractivity contribution in [1.82, 2.24) is 4.98 Å². The number of hydrogen-bond acceptors (Lipinski definition) is 4. The Balaban J connectivity index is 2.40. The van der Waals surface area contributed by atoms with Crippen LogP contribution in [0.1, 0.15) is 29.0 Å². The molecule has 4 N–H and O–H groups in total. The van der Waals surface area contributed by atoms with Gasteiger partial charge in [-0.2, -0.15) is 0 Å². The van der Waals surface area contributed by atoms with E-state index >= 15 is 0 Å². The molecular weight excluding hydrogens is 288 g/mol. The number of primary amides is 1. The molecular formula is C15H17ClN4O. The van der Waals surface area contributed by atoms with Gasteiger partial charge < -0.3 is 16.4 Å². The molecule has 2 rings (SSSR count). The van der Waals surface area contributed by atoms with E-state index in [1.54, 1.807) is 6.07 Å². The van der Waals surface area contributed by atoms with Crippen LogP contribution in [-0.2, 0) is 0 Å². The standard InChI is InChI=1S/C15H17ClN4O/c1-9(10-5-3-4-6-11(10)16)20(2)15-12(17)7-8-13(19-15)14(18)21/h3-9H,17H2,1-2H3,(H2,18,21). The zero-order chi connectivity index (χ0) is 15.6. The number of carbonyl (C=O) groups is 1. The molecule has 0 aliphatic rings. The lowest BCUT2D eigenvalue weighted by molar-refractivity contribution is 0.0995. The number of nitrogen functional groups attached to an aromatic ring is 1. The number of carbonyl (C=O) groups excluding carboxylic acids is 1. The van der Waals surface area contributed by atoms with E-state index in [-0.39, 0.29) is 11.7 Å². The molecule has 0 fully saturated rings. The Labute approximate surface area is 128 Å². The van der Waals surface area contributed by atoms with Crippen LogP contribution in [0.25, 0.3) is 0 Å². The molecule has 1 aromatic carbocycles. The number of benzene rings is 1. The van der Waals surface area contributed by atoms with Gasteiger partial charge >= 0.3 is 0 Å². The van der Waals surface area contributed by atoms with Crippen molar-refractivity contribution < 1.29 is 4.79 Å². The Morgan fingerprint density at radius 2 is 1.95 bits per heavy atom. The molecule has 0 saturated heterocycles. The van der Waals surface area contributed by atoms with Crippen molar-refractivity contribution in [2.45, 2.75) is 13.0 Å². The molecule has 0 spiro atoms. The summed E-state index contributed by atoms with van der Waals surface area (Å²) in [4.78, 5) is 17.4. The van der Waals surface area contributed by atoms with Gasteiger partial charge in [0.25, 0.3) is 5.91 Å². The molecule has 2 aromatic rings. The van der Waals surface area contributed by atoms with E-state index < -0.39 is 5.91 Å². The molecule has 0 radical (unpaired) electrons. The number of halogens is 1. The minimum absolute atomic E-state index is 0.0587. The average molecular weight is 305 g/mol. The van der Waals surface area contributed by atoms with Gasteiger partial charge in [0.15, 0.2) is 5.82 Å². The summed E-state index contributed by atoms with van der Waals surface area (Å²) in [6.07, 6.45) is 0. The molecule has 1 amide bonds. The van der Waals surface area contributed by atoms with E-state index in [0.717, 1.165) is 5.56 Å². The van der Waals surface area contributed by atoms with Gasteiger partial charge in [0, 0.05) is 12.1 Å². The molecule has 1 aromatic heterocycles. The topological polar surface area (TPSA) is 85.2 Å². The molecule has 0 aliphatic carbocycles. The number of rotatable bonds is 4. The average Bonchev–Trinajstić information content (AvgIpc) is 2.46. The number of pyridine rings is 1. The first kappa shape index (κ1) is 15.1. The SMILES string of the molecule is CC(c1ccccc1Cl)N(C)c1nc(C(N)=O)ccc1N. The van der Waals surface area contributed by atoms with Gasteiger partial charge in [-0.3, -0.25) is 4.79 Å². The molecule has 0 saturated carbocycles. The van der Waals surface area contributed by atoms with Crippen molar-refractivity contribution in [3.63, 3.8) is 0 Å². The zero-order valence-electron chi connectivity index (χ0n) is 11.9.